The van der Waals surface area contributed by atoms with E-state index in [2.05, 4.69) is 36.8 Å². The number of carbonyl (C=O) groups is 2. The average Bonchev–Trinajstić information content (AvgIpc) is 2.63. The zero-order valence-electron chi connectivity index (χ0n) is 9.93. The van der Waals surface area contributed by atoms with Crippen molar-refractivity contribution in [2.24, 2.45) is 0 Å². The molecule has 0 bridgehead atoms. The summed E-state index contributed by atoms with van der Waals surface area (Å²) in [7, 11) is 0. The maximum Gasteiger partial charge on any atom is 0.267 e. The van der Waals surface area contributed by atoms with Crippen LogP contribution in [0.5, 0.6) is 0 Å². The Morgan fingerprint density at radius 3 is 2.45 bits per heavy atom. The summed E-state index contributed by atoms with van der Waals surface area (Å²) < 4.78 is 1.23. The molecular weight excluding hydrogens is 390 g/mol. The van der Waals surface area contributed by atoms with E-state index in [0.29, 0.717) is 21.3 Å². The molecule has 0 unspecified atom stereocenters. The molecule has 20 heavy (non-hydrogen) atoms. The summed E-state index contributed by atoms with van der Waals surface area (Å²) in [4.78, 5) is 29.9. The minimum atomic E-state index is -0.399. The van der Waals surface area contributed by atoms with E-state index >= 15 is 0 Å². The van der Waals surface area contributed by atoms with E-state index in [1.54, 1.807) is 24.3 Å². The quantitative estimate of drug-likeness (QED) is 0.751. The molecule has 0 radical (unpaired) electrons. The summed E-state index contributed by atoms with van der Waals surface area (Å²) >= 11 is 6.56. The van der Waals surface area contributed by atoms with E-state index in [1.807, 2.05) is 0 Å². The van der Waals surface area contributed by atoms with Gasteiger partial charge >= 0.3 is 0 Å². The van der Waals surface area contributed by atoms with Crippen molar-refractivity contribution in [2.75, 3.05) is 10.6 Å². The first kappa shape index (κ1) is 13.3. The highest BCUT2D eigenvalue weighted by molar-refractivity contribution is 9.10. The molecule has 0 saturated carbocycles. The minimum Gasteiger partial charge on any atom is -0.397 e. The van der Waals surface area contributed by atoms with E-state index in [-0.39, 0.29) is 5.82 Å². The van der Waals surface area contributed by atoms with Gasteiger partial charge < -0.3 is 5.73 Å². The summed E-state index contributed by atoms with van der Waals surface area (Å²) in [5.41, 5.74) is 6.78. The number of nitrogens with zero attached hydrogens (tertiary/aromatic N) is 2. The molecule has 0 atom stereocenters. The van der Waals surface area contributed by atoms with Gasteiger partial charge in [-0.25, -0.2) is 9.88 Å². The monoisotopic (exact) mass is 395 g/mol. The van der Waals surface area contributed by atoms with Crippen LogP contribution in [0, 0.1) is 0 Å². The molecule has 2 aromatic rings. The zero-order chi connectivity index (χ0) is 14.4. The number of fused-ring (bicyclic) bond motifs is 1. The van der Waals surface area contributed by atoms with Crippen LogP contribution in [0.3, 0.4) is 0 Å². The fourth-order valence-corrected chi connectivity index (χ4v) is 2.92. The predicted octanol–water partition coefficient (Wildman–Crippen LogP) is 2.99. The Labute approximate surface area is 131 Å². The number of nitrogen functional groups attached to an aromatic ring is 1. The second-order valence-corrected chi connectivity index (χ2v) is 5.98. The molecule has 0 spiro atoms. The lowest BCUT2D eigenvalue weighted by molar-refractivity contribution is 0.0925. The number of imide groups is 1. The standard InChI is InChI=1S/C13H7Br2N3O2/c14-6-1-2-8-9(3-6)13(20)18(12(8)19)11-10(15)4-7(16)5-17-11/h1-5H,16H2. The van der Waals surface area contributed by atoms with Crippen molar-refractivity contribution < 1.29 is 9.59 Å². The number of hydrogen-bond acceptors (Lipinski definition) is 4. The van der Waals surface area contributed by atoms with Crippen molar-refractivity contribution in [3.63, 3.8) is 0 Å². The van der Waals surface area contributed by atoms with Crippen molar-refractivity contribution in [1.29, 1.82) is 0 Å². The van der Waals surface area contributed by atoms with Crippen molar-refractivity contribution in [1.82, 2.24) is 4.98 Å². The summed E-state index contributed by atoms with van der Waals surface area (Å²) in [5, 5.41) is 0. The molecule has 2 heterocycles. The summed E-state index contributed by atoms with van der Waals surface area (Å²) in [6, 6.07) is 6.56. The van der Waals surface area contributed by atoms with E-state index < -0.39 is 11.8 Å². The lowest BCUT2D eigenvalue weighted by atomic mass is 10.1. The lowest BCUT2D eigenvalue weighted by Gasteiger charge is -2.14. The maximum atomic E-state index is 12.4. The first-order valence-corrected chi connectivity index (χ1v) is 7.17. The average molecular weight is 397 g/mol. The highest BCUT2D eigenvalue weighted by Gasteiger charge is 2.38. The smallest absolute Gasteiger partial charge is 0.267 e. The molecule has 0 saturated heterocycles. The number of nitrogens with two attached hydrogens (primary N) is 1. The fraction of sp³-hybridized carbons (Fsp3) is 0. The van der Waals surface area contributed by atoms with Crippen molar-refractivity contribution in [2.45, 2.75) is 0 Å². The Balaban J connectivity index is 2.14. The van der Waals surface area contributed by atoms with Crippen LogP contribution in [0.1, 0.15) is 20.7 Å². The molecule has 0 aliphatic carbocycles. The van der Waals surface area contributed by atoms with Gasteiger partial charge in [0.1, 0.15) is 0 Å². The third-order valence-electron chi connectivity index (χ3n) is 2.90. The fourth-order valence-electron chi connectivity index (χ4n) is 2.02. The van der Waals surface area contributed by atoms with Crippen molar-refractivity contribution in [3.8, 4) is 0 Å². The Morgan fingerprint density at radius 2 is 1.75 bits per heavy atom. The van der Waals surface area contributed by atoms with E-state index in [1.165, 1.54) is 6.20 Å². The Hall–Kier alpha value is -1.73. The molecule has 3 rings (SSSR count). The number of halogens is 2. The van der Waals surface area contributed by atoms with Gasteiger partial charge in [0.05, 0.1) is 27.5 Å². The summed E-state index contributed by atoms with van der Waals surface area (Å²) in [5.74, 6) is -0.554. The maximum absolute atomic E-state index is 12.4. The number of hydrogen-bond donors (Lipinski definition) is 1. The van der Waals surface area contributed by atoms with Gasteiger partial charge in [-0.3, -0.25) is 9.59 Å². The molecule has 1 aliphatic heterocycles. The van der Waals surface area contributed by atoms with Crippen molar-refractivity contribution >= 4 is 55.2 Å². The van der Waals surface area contributed by atoms with Gasteiger partial charge in [0.2, 0.25) is 0 Å². The molecule has 1 aromatic heterocycles. The van der Waals surface area contributed by atoms with E-state index in [9.17, 15) is 9.59 Å². The van der Waals surface area contributed by atoms with Gasteiger partial charge in [-0.05, 0) is 40.2 Å². The number of aromatic nitrogens is 1. The number of carbonyl (C=O) groups excluding carboxylic acids is 2. The topological polar surface area (TPSA) is 76.3 Å². The molecule has 5 nitrogen and oxygen atoms in total. The molecule has 2 amide bonds. The highest BCUT2D eigenvalue weighted by Crippen LogP contribution is 2.33. The Morgan fingerprint density at radius 1 is 1.05 bits per heavy atom. The van der Waals surface area contributed by atoms with Crippen LogP contribution >= 0.6 is 31.9 Å². The van der Waals surface area contributed by atoms with Gasteiger partial charge in [-0.15, -0.1) is 0 Å². The van der Waals surface area contributed by atoms with E-state index in [4.69, 9.17) is 5.73 Å². The zero-order valence-corrected chi connectivity index (χ0v) is 13.1. The molecule has 7 heteroatoms. The largest absolute Gasteiger partial charge is 0.397 e. The van der Waals surface area contributed by atoms with E-state index in [0.717, 1.165) is 9.37 Å². The molecule has 1 aliphatic rings. The van der Waals surface area contributed by atoms with Crippen LogP contribution < -0.4 is 10.6 Å². The van der Waals surface area contributed by atoms with Gasteiger partial charge in [0, 0.05) is 4.47 Å². The molecular formula is C13H7Br2N3O2. The Bertz CT molecular complexity index is 761. The van der Waals surface area contributed by atoms with Crippen LogP contribution in [-0.2, 0) is 0 Å². The number of benzene rings is 1. The number of anilines is 2. The second kappa shape index (κ2) is 4.68. The third-order valence-corrected chi connectivity index (χ3v) is 3.98. The summed E-state index contributed by atoms with van der Waals surface area (Å²) in [6.45, 7) is 0. The highest BCUT2D eigenvalue weighted by atomic mass is 79.9. The van der Waals surface area contributed by atoms with Crippen molar-refractivity contribution in [3.05, 3.63) is 50.5 Å². The van der Waals surface area contributed by atoms with Crippen LogP contribution in [-0.4, -0.2) is 16.8 Å². The number of pyridine rings is 1. The SMILES string of the molecule is Nc1cnc(N2C(=O)c3ccc(Br)cc3C2=O)c(Br)c1. The first-order valence-electron chi connectivity index (χ1n) is 5.58. The molecule has 0 fully saturated rings. The third kappa shape index (κ3) is 1.94. The van der Waals surface area contributed by atoms with Crippen LogP contribution in [0.15, 0.2) is 39.4 Å². The Kier molecular flexibility index (Phi) is 3.10. The number of amides is 2. The minimum absolute atomic E-state index is 0.238. The lowest BCUT2D eigenvalue weighted by Crippen LogP contribution is -2.30. The van der Waals surface area contributed by atoms with Crippen LogP contribution in [0.2, 0.25) is 0 Å². The molecule has 100 valence electrons. The molecule has 2 N–H and O–H groups in total. The van der Waals surface area contributed by atoms with Crippen LogP contribution in [0.25, 0.3) is 0 Å². The van der Waals surface area contributed by atoms with Gasteiger partial charge in [-0.1, -0.05) is 15.9 Å². The van der Waals surface area contributed by atoms with Gasteiger partial charge in [0.25, 0.3) is 11.8 Å². The number of rotatable bonds is 1. The summed E-state index contributed by atoms with van der Waals surface area (Å²) in [6.07, 6.45) is 1.40. The van der Waals surface area contributed by atoms with Gasteiger partial charge in [0.15, 0.2) is 5.82 Å². The van der Waals surface area contributed by atoms with Crippen LogP contribution in [0.4, 0.5) is 11.5 Å². The first-order chi connectivity index (χ1) is 9.49. The predicted molar refractivity (Wildman–Crippen MR) is 81.6 cm³/mol. The second-order valence-electron chi connectivity index (χ2n) is 4.21. The van der Waals surface area contributed by atoms with Gasteiger partial charge in [-0.2, -0.15) is 0 Å². The molecule has 1 aromatic carbocycles. The normalized spacial score (nSPS) is 13.8.